The predicted molar refractivity (Wildman–Crippen MR) is 101 cm³/mol. The second-order valence-corrected chi connectivity index (χ2v) is 7.11. The van der Waals surface area contributed by atoms with Crippen molar-refractivity contribution in [3.8, 4) is 0 Å². The van der Waals surface area contributed by atoms with Gasteiger partial charge in [-0.3, -0.25) is 9.89 Å². The van der Waals surface area contributed by atoms with E-state index in [9.17, 15) is 4.79 Å². The summed E-state index contributed by atoms with van der Waals surface area (Å²) in [4.78, 5) is 14.7. The highest BCUT2D eigenvalue weighted by molar-refractivity contribution is 5.76. The fourth-order valence-corrected chi connectivity index (χ4v) is 3.82. The zero-order valence-electron chi connectivity index (χ0n) is 15.5. The number of aromatic nitrogens is 5. The molecule has 1 amide bonds. The van der Waals surface area contributed by atoms with Crippen LogP contribution in [0.25, 0.3) is 0 Å². The van der Waals surface area contributed by atoms with Crippen LogP contribution in [-0.2, 0) is 24.2 Å². The van der Waals surface area contributed by atoms with Gasteiger partial charge in [0.1, 0.15) is 5.82 Å². The molecule has 140 valence electrons. The lowest BCUT2D eigenvalue weighted by Gasteiger charge is -2.34. The third-order valence-corrected chi connectivity index (χ3v) is 5.14. The number of benzene rings is 1. The minimum absolute atomic E-state index is 0.170. The maximum atomic E-state index is 12.8. The Kier molecular flexibility index (Phi) is 5.00. The van der Waals surface area contributed by atoms with E-state index in [2.05, 4.69) is 49.2 Å². The molecule has 1 aromatic carbocycles. The highest BCUT2D eigenvalue weighted by Gasteiger charge is 2.30. The molecule has 1 N–H and O–H groups in total. The lowest BCUT2D eigenvalue weighted by Crippen LogP contribution is -2.42. The van der Waals surface area contributed by atoms with Gasteiger partial charge in [-0.1, -0.05) is 30.3 Å². The molecular formula is C20H24N6O. The number of aryl methyl sites for hydroxylation is 2. The van der Waals surface area contributed by atoms with Crippen molar-refractivity contribution >= 4 is 5.91 Å². The normalized spacial score (nSPS) is 16.3. The molecular weight excluding hydrogens is 340 g/mol. The molecule has 3 heterocycles. The highest BCUT2D eigenvalue weighted by Crippen LogP contribution is 2.25. The van der Waals surface area contributed by atoms with Crippen LogP contribution in [0.2, 0.25) is 0 Å². The van der Waals surface area contributed by atoms with Crippen molar-refractivity contribution in [1.29, 1.82) is 0 Å². The highest BCUT2D eigenvalue weighted by atomic mass is 16.2. The summed E-state index contributed by atoms with van der Waals surface area (Å²) < 4.78 is 2.20. The number of amides is 1. The fraction of sp³-hybridized carbons (Fsp3) is 0.400. The van der Waals surface area contributed by atoms with Crippen molar-refractivity contribution in [2.75, 3.05) is 6.54 Å². The molecule has 1 aliphatic rings. The van der Waals surface area contributed by atoms with Gasteiger partial charge in [0, 0.05) is 19.2 Å². The van der Waals surface area contributed by atoms with Gasteiger partial charge in [0.2, 0.25) is 5.91 Å². The maximum absolute atomic E-state index is 12.8. The van der Waals surface area contributed by atoms with Crippen molar-refractivity contribution in [2.45, 2.75) is 45.2 Å². The molecule has 1 atom stereocenters. The van der Waals surface area contributed by atoms with Crippen molar-refractivity contribution in [3.05, 3.63) is 65.5 Å². The maximum Gasteiger partial charge on any atom is 0.223 e. The minimum atomic E-state index is 0.170. The van der Waals surface area contributed by atoms with Crippen molar-refractivity contribution in [3.63, 3.8) is 0 Å². The van der Waals surface area contributed by atoms with E-state index in [1.807, 2.05) is 30.3 Å². The Morgan fingerprint density at radius 2 is 2.07 bits per heavy atom. The number of hydrogen-bond donors (Lipinski definition) is 1. The van der Waals surface area contributed by atoms with E-state index in [0.29, 0.717) is 19.5 Å². The van der Waals surface area contributed by atoms with Crippen molar-refractivity contribution in [1.82, 2.24) is 29.9 Å². The van der Waals surface area contributed by atoms with Crippen LogP contribution in [0, 0.1) is 6.92 Å². The monoisotopic (exact) mass is 364 g/mol. The third-order valence-electron chi connectivity index (χ3n) is 5.14. The van der Waals surface area contributed by atoms with Crippen LogP contribution in [-0.4, -0.2) is 42.3 Å². The predicted octanol–water partition coefficient (Wildman–Crippen LogP) is 2.46. The molecule has 0 fully saturated rings. The standard InChI is InChI=1S/C20H24N6O/c1-15-23-24-19-14-25(20(27)9-5-8-17-11-21-22-12-17)13-18(26(15)19)10-16-6-3-2-4-7-16/h2-4,6-7,11-12,18H,5,8-10,13-14H2,1H3,(H,21,22)/t18-/m1/s1. The second-order valence-electron chi connectivity index (χ2n) is 7.11. The first-order chi connectivity index (χ1) is 13.2. The summed E-state index contributed by atoms with van der Waals surface area (Å²) >= 11 is 0. The molecule has 2 aromatic heterocycles. The van der Waals surface area contributed by atoms with Crippen LogP contribution < -0.4 is 0 Å². The summed E-state index contributed by atoms with van der Waals surface area (Å²) in [6.45, 7) is 3.22. The summed E-state index contributed by atoms with van der Waals surface area (Å²) in [7, 11) is 0. The summed E-state index contributed by atoms with van der Waals surface area (Å²) in [5, 5.41) is 15.3. The summed E-state index contributed by atoms with van der Waals surface area (Å²) in [5.41, 5.74) is 2.40. The van der Waals surface area contributed by atoms with Crippen LogP contribution in [0.15, 0.2) is 42.7 Å². The molecule has 0 radical (unpaired) electrons. The van der Waals surface area contributed by atoms with Crippen LogP contribution in [0.3, 0.4) is 0 Å². The molecule has 27 heavy (non-hydrogen) atoms. The summed E-state index contributed by atoms with van der Waals surface area (Å²) in [5.74, 6) is 1.98. The summed E-state index contributed by atoms with van der Waals surface area (Å²) in [6.07, 6.45) is 6.78. The number of nitrogens with zero attached hydrogens (tertiary/aromatic N) is 5. The quantitative estimate of drug-likeness (QED) is 0.729. The van der Waals surface area contributed by atoms with Gasteiger partial charge >= 0.3 is 0 Å². The third kappa shape index (κ3) is 3.92. The van der Waals surface area contributed by atoms with E-state index < -0.39 is 0 Å². The number of fused-ring (bicyclic) bond motifs is 1. The Morgan fingerprint density at radius 1 is 1.22 bits per heavy atom. The van der Waals surface area contributed by atoms with Crippen LogP contribution in [0.5, 0.6) is 0 Å². The Labute approximate surface area is 158 Å². The van der Waals surface area contributed by atoms with E-state index in [1.54, 1.807) is 0 Å². The van der Waals surface area contributed by atoms with E-state index in [1.165, 1.54) is 5.56 Å². The van der Waals surface area contributed by atoms with Crippen LogP contribution in [0.4, 0.5) is 0 Å². The summed E-state index contributed by atoms with van der Waals surface area (Å²) in [6, 6.07) is 10.6. The van der Waals surface area contributed by atoms with Crippen molar-refractivity contribution < 1.29 is 4.79 Å². The molecule has 0 saturated carbocycles. The average molecular weight is 364 g/mol. The molecule has 7 heteroatoms. The largest absolute Gasteiger partial charge is 0.333 e. The van der Waals surface area contributed by atoms with Gasteiger partial charge in [-0.15, -0.1) is 10.2 Å². The first-order valence-electron chi connectivity index (χ1n) is 9.40. The molecule has 0 saturated heterocycles. The lowest BCUT2D eigenvalue weighted by molar-refractivity contribution is -0.133. The van der Waals surface area contributed by atoms with E-state index in [0.717, 1.165) is 36.5 Å². The molecule has 1 aliphatic heterocycles. The topological polar surface area (TPSA) is 79.7 Å². The number of carbonyl (C=O) groups excluding carboxylic acids is 1. The Balaban J connectivity index is 1.44. The molecule has 0 unspecified atom stereocenters. The van der Waals surface area contributed by atoms with Gasteiger partial charge in [-0.25, -0.2) is 0 Å². The van der Waals surface area contributed by atoms with Gasteiger partial charge in [-0.2, -0.15) is 5.10 Å². The lowest BCUT2D eigenvalue weighted by atomic mass is 10.0. The van der Waals surface area contributed by atoms with Gasteiger partial charge in [0.15, 0.2) is 5.82 Å². The van der Waals surface area contributed by atoms with Gasteiger partial charge in [0.25, 0.3) is 0 Å². The smallest absolute Gasteiger partial charge is 0.223 e. The van der Waals surface area contributed by atoms with Gasteiger partial charge in [0.05, 0.1) is 18.8 Å². The molecule has 0 aliphatic carbocycles. The number of hydrogen-bond acceptors (Lipinski definition) is 4. The zero-order chi connectivity index (χ0) is 18.6. The number of nitrogens with one attached hydrogen (secondary N) is 1. The van der Waals surface area contributed by atoms with Crippen LogP contribution in [0.1, 0.15) is 41.7 Å². The zero-order valence-corrected chi connectivity index (χ0v) is 15.5. The number of aromatic amines is 1. The Hall–Kier alpha value is -2.96. The number of rotatable bonds is 6. The first kappa shape index (κ1) is 17.5. The van der Waals surface area contributed by atoms with Gasteiger partial charge < -0.3 is 9.47 Å². The minimum Gasteiger partial charge on any atom is -0.333 e. The van der Waals surface area contributed by atoms with Gasteiger partial charge in [-0.05, 0) is 37.3 Å². The number of H-pyrrole nitrogens is 1. The van der Waals surface area contributed by atoms with E-state index in [-0.39, 0.29) is 11.9 Å². The Bertz CT molecular complexity index is 887. The molecule has 0 bridgehead atoms. The molecule has 4 rings (SSSR count). The van der Waals surface area contributed by atoms with Crippen LogP contribution >= 0.6 is 0 Å². The Morgan fingerprint density at radius 3 is 2.85 bits per heavy atom. The molecule has 0 spiro atoms. The second kappa shape index (κ2) is 7.73. The fourth-order valence-electron chi connectivity index (χ4n) is 3.82. The van der Waals surface area contributed by atoms with Crippen molar-refractivity contribution in [2.24, 2.45) is 0 Å². The molecule has 7 nitrogen and oxygen atoms in total. The van der Waals surface area contributed by atoms with E-state index in [4.69, 9.17) is 0 Å². The SMILES string of the molecule is Cc1nnc2n1[C@H](Cc1ccccc1)CN(C(=O)CCCc1cn[nH]c1)C2. The molecule has 3 aromatic rings. The first-order valence-corrected chi connectivity index (χ1v) is 9.40. The average Bonchev–Trinajstić information content (AvgIpc) is 3.32. The van der Waals surface area contributed by atoms with E-state index >= 15 is 0 Å². The number of carbonyl (C=O) groups is 1.